The standard InChI is InChI=1S/C13H25N3/c1-4-11-9-16(7-5-12(11)15)8-6-13(2,3)10-14/h11-12H,4-9,15H2,1-3H3. The van der Waals surface area contributed by atoms with Crippen LogP contribution in [0.2, 0.25) is 0 Å². The van der Waals surface area contributed by atoms with Gasteiger partial charge in [-0.1, -0.05) is 13.3 Å². The van der Waals surface area contributed by atoms with Gasteiger partial charge in [0, 0.05) is 12.6 Å². The molecule has 0 aromatic heterocycles. The fourth-order valence-electron chi connectivity index (χ4n) is 2.25. The summed E-state index contributed by atoms with van der Waals surface area (Å²) in [5, 5.41) is 8.98. The second-order valence-electron chi connectivity index (χ2n) is 5.67. The number of hydrogen-bond acceptors (Lipinski definition) is 3. The number of nitrogens with zero attached hydrogens (tertiary/aromatic N) is 2. The molecule has 1 fully saturated rings. The van der Waals surface area contributed by atoms with E-state index in [1.54, 1.807) is 0 Å². The van der Waals surface area contributed by atoms with Crippen LogP contribution < -0.4 is 5.73 Å². The van der Waals surface area contributed by atoms with Gasteiger partial charge >= 0.3 is 0 Å². The third-order valence-electron chi connectivity index (χ3n) is 3.76. The van der Waals surface area contributed by atoms with Crippen molar-refractivity contribution in [3.63, 3.8) is 0 Å². The lowest BCUT2D eigenvalue weighted by Crippen LogP contribution is -2.47. The summed E-state index contributed by atoms with van der Waals surface area (Å²) in [6, 6.07) is 2.74. The number of nitriles is 1. The molecule has 1 aliphatic rings. The van der Waals surface area contributed by atoms with Gasteiger partial charge in [0.1, 0.15) is 0 Å². The molecular weight excluding hydrogens is 198 g/mol. The van der Waals surface area contributed by atoms with Crippen LogP contribution in [0.25, 0.3) is 0 Å². The summed E-state index contributed by atoms with van der Waals surface area (Å²) in [5.74, 6) is 0.638. The molecule has 1 saturated heterocycles. The lowest BCUT2D eigenvalue weighted by Gasteiger charge is -2.37. The Morgan fingerprint density at radius 2 is 2.19 bits per heavy atom. The normalized spacial score (nSPS) is 27.7. The average molecular weight is 223 g/mol. The number of likely N-dealkylation sites (tertiary alicyclic amines) is 1. The first-order valence-corrected chi connectivity index (χ1v) is 6.37. The van der Waals surface area contributed by atoms with Crippen LogP contribution in [0.4, 0.5) is 0 Å². The number of nitrogens with two attached hydrogens (primary N) is 1. The highest BCUT2D eigenvalue weighted by Crippen LogP contribution is 2.23. The van der Waals surface area contributed by atoms with Crippen LogP contribution in [-0.4, -0.2) is 30.6 Å². The maximum Gasteiger partial charge on any atom is 0.0684 e. The summed E-state index contributed by atoms with van der Waals surface area (Å²) in [5.41, 5.74) is 5.89. The van der Waals surface area contributed by atoms with Crippen molar-refractivity contribution < 1.29 is 0 Å². The zero-order valence-corrected chi connectivity index (χ0v) is 10.9. The minimum absolute atomic E-state index is 0.193. The number of hydrogen-bond donors (Lipinski definition) is 1. The topological polar surface area (TPSA) is 53.0 Å². The second-order valence-corrected chi connectivity index (χ2v) is 5.67. The molecule has 3 nitrogen and oxygen atoms in total. The Morgan fingerprint density at radius 3 is 2.75 bits per heavy atom. The Labute approximate surface area is 99.6 Å². The molecular formula is C13H25N3. The molecule has 0 saturated carbocycles. The van der Waals surface area contributed by atoms with Crippen LogP contribution >= 0.6 is 0 Å². The predicted octanol–water partition coefficient (Wildman–Crippen LogP) is 1.99. The molecule has 0 aromatic rings. The highest BCUT2D eigenvalue weighted by atomic mass is 15.1. The van der Waals surface area contributed by atoms with Crippen molar-refractivity contribution in [2.24, 2.45) is 17.1 Å². The van der Waals surface area contributed by atoms with Crippen LogP contribution in [0.15, 0.2) is 0 Å². The van der Waals surface area contributed by atoms with E-state index in [9.17, 15) is 0 Å². The zero-order valence-electron chi connectivity index (χ0n) is 10.9. The van der Waals surface area contributed by atoms with Gasteiger partial charge in [-0.2, -0.15) is 5.26 Å². The second kappa shape index (κ2) is 5.65. The van der Waals surface area contributed by atoms with Gasteiger partial charge in [-0.25, -0.2) is 0 Å². The summed E-state index contributed by atoms with van der Waals surface area (Å²) >= 11 is 0. The highest BCUT2D eigenvalue weighted by Gasteiger charge is 2.26. The van der Waals surface area contributed by atoms with Gasteiger partial charge < -0.3 is 10.6 Å². The Kier molecular flexibility index (Phi) is 4.76. The van der Waals surface area contributed by atoms with Gasteiger partial charge in [0.2, 0.25) is 0 Å². The largest absolute Gasteiger partial charge is 0.327 e. The van der Waals surface area contributed by atoms with Gasteiger partial charge in [0.05, 0.1) is 11.5 Å². The SMILES string of the molecule is CCC1CN(CCC(C)(C)C#N)CCC1N. The van der Waals surface area contributed by atoms with Gasteiger partial charge in [-0.15, -0.1) is 0 Å². The van der Waals surface area contributed by atoms with Crippen molar-refractivity contribution in [2.45, 2.75) is 46.1 Å². The Bertz CT molecular complexity index is 254. The minimum atomic E-state index is -0.193. The summed E-state index contributed by atoms with van der Waals surface area (Å²) in [6.07, 6.45) is 3.22. The first kappa shape index (κ1) is 13.5. The first-order valence-electron chi connectivity index (χ1n) is 6.37. The smallest absolute Gasteiger partial charge is 0.0684 e. The van der Waals surface area contributed by atoms with E-state index in [1.165, 1.54) is 6.42 Å². The van der Waals surface area contributed by atoms with E-state index in [4.69, 9.17) is 11.0 Å². The monoisotopic (exact) mass is 223 g/mol. The van der Waals surface area contributed by atoms with Crippen LogP contribution in [0.5, 0.6) is 0 Å². The van der Waals surface area contributed by atoms with E-state index in [0.29, 0.717) is 12.0 Å². The fraction of sp³-hybridized carbons (Fsp3) is 0.923. The summed E-state index contributed by atoms with van der Waals surface area (Å²) in [7, 11) is 0. The van der Waals surface area contributed by atoms with Crippen molar-refractivity contribution in [2.75, 3.05) is 19.6 Å². The van der Waals surface area contributed by atoms with Crippen LogP contribution in [0, 0.1) is 22.7 Å². The third-order valence-corrected chi connectivity index (χ3v) is 3.76. The molecule has 1 rings (SSSR count). The van der Waals surface area contributed by atoms with Crippen molar-refractivity contribution in [1.29, 1.82) is 5.26 Å². The van der Waals surface area contributed by atoms with Crippen LogP contribution in [0.1, 0.15) is 40.0 Å². The molecule has 92 valence electrons. The summed E-state index contributed by atoms with van der Waals surface area (Å²) in [6.45, 7) is 9.48. The van der Waals surface area contributed by atoms with E-state index in [-0.39, 0.29) is 5.41 Å². The molecule has 1 aliphatic heterocycles. The molecule has 0 bridgehead atoms. The van der Waals surface area contributed by atoms with Gasteiger partial charge in [-0.3, -0.25) is 0 Å². The third kappa shape index (κ3) is 3.77. The van der Waals surface area contributed by atoms with E-state index in [1.807, 2.05) is 13.8 Å². The van der Waals surface area contributed by atoms with Gasteiger partial charge in [0.15, 0.2) is 0 Å². The van der Waals surface area contributed by atoms with Crippen molar-refractivity contribution >= 4 is 0 Å². The average Bonchev–Trinajstić information content (AvgIpc) is 2.28. The summed E-state index contributed by atoms with van der Waals surface area (Å²) < 4.78 is 0. The lowest BCUT2D eigenvalue weighted by molar-refractivity contribution is 0.141. The molecule has 3 heteroatoms. The van der Waals surface area contributed by atoms with Gasteiger partial charge in [-0.05, 0) is 45.7 Å². The molecule has 0 amide bonds. The van der Waals surface area contributed by atoms with Crippen molar-refractivity contribution in [3.05, 3.63) is 0 Å². The maximum atomic E-state index is 8.98. The summed E-state index contributed by atoms with van der Waals surface area (Å²) in [4.78, 5) is 2.47. The molecule has 0 aliphatic carbocycles. The van der Waals surface area contributed by atoms with Crippen LogP contribution in [0.3, 0.4) is 0 Å². The molecule has 16 heavy (non-hydrogen) atoms. The van der Waals surface area contributed by atoms with Gasteiger partial charge in [0.25, 0.3) is 0 Å². The Hall–Kier alpha value is -0.590. The zero-order chi connectivity index (χ0) is 12.2. The van der Waals surface area contributed by atoms with Crippen molar-refractivity contribution in [1.82, 2.24) is 4.90 Å². The molecule has 2 N–H and O–H groups in total. The maximum absolute atomic E-state index is 8.98. The lowest BCUT2D eigenvalue weighted by atomic mass is 9.88. The predicted molar refractivity (Wildman–Crippen MR) is 66.8 cm³/mol. The fourth-order valence-corrected chi connectivity index (χ4v) is 2.25. The van der Waals surface area contributed by atoms with E-state index < -0.39 is 0 Å². The number of piperidine rings is 1. The molecule has 1 heterocycles. The molecule has 2 atom stereocenters. The molecule has 0 aromatic carbocycles. The molecule has 0 radical (unpaired) electrons. The Balaban J connectivity index is 2.37. The van der Waals surface area contributed by atoms with E-state index in [0.717, 1.165) is 32.5 Å². The van der Waals surface area contributed by atoms with E-state index in [2.05, 4.69) is 17.9 Å². The van der Waals surface area contributed by atoms with Crippen molar-refractivity contribution in [3.8, 4) is 6.07 Å². The first-order chi connectivity index (χ1) is 7.48. The quantitative estimate of drug-likeness (QED) is 0.793. The highest BCUT2D eigenvalue weighted by molar-refractivity contribution is 4.92. The number of rotatable bonds is 4. The van der Waals surface area contributed by atoms with Crippen LogP contribution in [-0.2, 0) is 0 Å². The molecule has 0 spiro atoms. The Morgan fingerprint density at radius 1 is 1.50 bits per heavy atom. The van der Waals surface area contributed by atoms with E-state index >= 15 is 0 Å². The minimum Gasteiger partial charge on any atom is -0.327 e. The molecule has 2 unspecified atom stereocenters.